The molecule has 0 amide bonds. The highest BCUT2D eigenvalue weighted by atomic mass is 35.5. The highest BCUT2D eigenvalue weighted by Crippen LogP contribution is 2.39. The second-order valence-corrected chi connectivity index (χ2v) is 9.63. The number of para-hydroxylation sites is 1. The fourth-order valence-corrected chi connectivity index (χ4v) is 5.06. The number of carbonyl (C=O) groups is 1. The lowest BCUT2D eigenvalue weighted by Crippen LogP contribution is -2.60. The van der Waals surface area contributed by atoms with Gasteiger partial charge in [0.05, 0.1) is 54.2 Å². The van der Waals surface area contributed by atoms with Crippen molar-refractivity contribution in [3.63, 3.8) is 0 Å². The molecule has 10 nitrogen and oxygen atoms in total. The number of aliphatic hydroxyl groups excluding tert-OH is 4. The molecule has 2 heterocycles. The Morgan fingerprint density at radius 3 is 2.42 bits per heavy atom. The Balaban J connectivity index is 1.60. The zero-order valence-electron chi connectivity index (χ0n) is 21.6. The number of halogens is 1. The Morgan fingerprint density at radius 2 is 1.70 bits per heavy atom. The van der Waals surface area contributed by atoms with Crippen LogP contribution in [0.2, 0.25) is 5.02 Å². The first-order valence-electron chi connectivity index (χ1n) is 12.4. The molecule has 4 N–H and O–H groups in total. The van der Waals surface area contributed by atoms with Gasteiger partial charge in [0.25, 0.3) is 0 Å². The Hall–Kier alpha value is -3.64. The second kappa shape index (κ2) is 11.5. The number of carbonyl (C=O) groups excluding carboxylic acids is 1. The lowest BCUT2D eigenvalue weighted by atomic mass is 9.99. The molecular formula is C29H28ClNO9. The van der Waals surface area contributed by atoms with Crippen molar-refractivity contribution in [2.45, 2.75) is 30.7 Å². The Bertz CT molecular complexity index is 1540. The van der Waals surface area contributed by atoms with Gasteiger partial charge in [-0.2, -0.15) is 0 Å². The zero-order chi connectivity index (χ0) is 28.6. The summed E-state index contributed by atoms with van der Waals surface area (Å²) in [5.41, 5.74) is 1.81. The van der Waals surface area contributed by atoms with E-state index in [1.807, 2.05) is 0 Å². The maximum atomic E-state index is 13.8. The van der Waals surface area contributed by atoms with E-state index in [2.05, 4.69) is 0 Å². The van der Waals surface area contributed by atoms with E-state index in [0.29, 0.717) is 44.2 Å². The largest absolute Gasteiger partial charge is 0.497 e. The van der Waals surface area contributed by atoms with E-state index < -0.39 is 37.3 Å². The van der Waals surface area contributed by atoms with Crippen molar-refractivity contribution < 1.29 is 44.2 Å². The number of nitrogens with zero attached hydrogens (tertiary/aromatic N) is 1. The average Bonchev–Trinajstić information content (AvgIpc) is 3.35. The summed E-state index contributed by atoms with van der Waals surface area (Å²) >= 11 is 6.57. The van der Waals surface area contributed by atoms with Gasteiger partial charge in [-0.3, -0.25) is 4.79 Å². The molecule has 4 aromatic rings. The topological polar surface area (TPSA) is 140 Å². The molecule has 1 aliphatic heterocycles. The smallest absolute Gasteiger partial charge is 0.229 e. The molecule has 11 heteroatoms. The number of aliphatic hydroxyl groups is 4. The first kappa shape index (κ1) is 27.9. The average molecular weight is 570 g/mol. The van der Waals surface area contributed by atoms with Crippen LogP contribution in [0, 0.1) is 0 Å². The van der Waals surface area contributed by atoms with Crippen LogP contribution in [0.3, 0.4) is 0 Å². The summed E-state index contributed by atoms with van der Waals surface area (Å²) in [4.78, 5) is 13.8. The van der Waals surface area contributed by atoms with Crippen LogP contribution in [0.25, 0.3) is 16.6 Å². The fraction of sp³-hybridized carbons (Fsp3) is 0.276. The molecule has 0 bridgehead atoms. The molecule has 40 heavy (non-hydrogen) atoms. The third-order valence-electron chi connectivity index (χ3n) is 6.90. The maximum absolute atomic E-state index is 13.8. The lowest BCUT2D eigenvalue weighted by Gasteiger charge is -2.39. The van der Waals surface area contributed by atoms with Crippen LogP contribution in [-0.4, -0.2) is 82.3 Å². The highest BCUT2D eigenvalue weighted by Gasteiger charge is 2.45. The number of benzene rings is 3. The van der Waals surface area contributed by atoms with E-state index in [4.69, 9.17) is 30.5 Å². The SMILES string of the molecule is COc1ccc(C(=O)c2ccccc2-n2cc(O[C@@H]3O[C@H](CO)[C@H](O)[C@H](O)[C@H]3O)c3c(Cl)cccc32)c(OC)c1. The van der Waals surface area contributed by atoms with Crippen LogP contribution in [-0.2, 0) is 4.74 Å². The van der Waals surface area contributed by atoms with Crippen molar-refractivity contribution in [1.29, 1.82) is 0 Å². The van der Waals surface area contributed by atoms with Crippen LogP contribution in [0.15, 0.2) is 66.9 Å². The van der Waals surface area contributed by atoms with E-state index in [0.717, 1.165) is 0 Å². The summed E-state index contributed by atoms with van der Waals surface area (Å²) in [5.74, 6) is 0.790. The van der Waals surface area contributed by atoms with Crippen LogP contribution < -0.4 is 14.2 Å². The molecule has 0 unspecified atom stereocenters. The normalized spacial score (nSPS) is 22.7. The number of hydrogen-bond acceptors (Lipinski definition) is 9. The first-order valence-corrected chi connectivity index (χ1v) is 12.8. The highest BCUT2D eigenvalue weighted by molar-refractivity contribution is 6.36. The number of hydrogen-bond donors (Lipinski definition) is 4. The molecule has 5 atom stereocenters. The van der Waals surface area contributed by atoms with Crippen molar-refractivity contribution in [2.24, 2.45) is 0 Å². The monoisotopic (exact) mass is 569 g/mol. The fourth-order valence-electron chi connectivity index (χ4n) is 4.79. The molecule has 1 aliphatic rings. The number of ether oxygens (including phenoxy) is 4. The van der Waals surface area contributed by atoms with Gasteiger partial charge >= 0.3 is 0 Å². The van der Waals surface area contributed by atoms with E-state index >= 15 is 0 Å². The molecule has 1 fully saturated rings. The number of fused-ring (bicyclic) bond motifs is 1. The number of aromatic nitrogens is 1. The van der Waals surface area contributed by atoms with E-state index in [1.54, 1.807) is 71.4 Å². The van der Waals surface area contributed by atoms with Crippen LogP contribution in [0.5, 0.6) is 17.2 Å². The van der Waals surface area contributed by atoms with E-state index in [9.17, 15) is 25.2 Å². The molecule has 210 valence electrons. The van der Waals surface area contributed by atoms with Crippen LogP contribution >= 0.6 is 11.6 Å². The number of methoxy groups -OCH3 is 2. The maximum Gasteiger partial charge on any atom is 0.229 e. The van der Waals surface area contributed by atoms with Gasteiger partial charge < -0.3 is 43.9 Å². The van der Waals surface area contributed by atoms with E-state index in [-0.39, 0.29) is 11.5 Å². The molecule has 1 aromatic heterocycles. The van der Waals surface area contributed by atoms with Crippen LogP contribution in [0.1, 0.15) is 15.9 Å². The van der Waals surface area contributed by atoms with Gasteiger partial charge in [0.15, 0.2) is 5.78 Å². The minimum Gasteiger partial charge on any atom is -0.497 e. The summed E-state index contributed by atoms with van der Waals surface area (Å²) in [5, 5.41) is 41.2. The van der Waals surface area contributed by atoms with Crippen LogP contribution in [0.4, 0.5) is 0 Å². The van der Waals surface area contributed by atoms with E-state index in [1.165, 1.54) is 14.2 Å². The molecule has 0 aliphatic carbocycles. The van der Waals surface area contributed by atoms with Gasteiger partial charge in [0, 0.05) is 11.6 Å². The zero-order valence-corrected chi connectivity index (χ0v) is 22.4. The Labute approximate surface area is 234 Å². The predicted octanol–water partition coefficient (Wildman–Crippen LogP) is 2.71. The minimum atomic E-state index is -1.62. The van der Waals surface area contributed by atoms with Crippen molar-refractivity contribution in [3.8, 4) is 22.9 Å². The van der Waals surface area contributed by atoms with Gasteiger partial charge in [-0.25, -0.2) is 0 Å². The second-order valence-electron chi connectivity index (χ2n) is 9.22. The summed E-state index contributed by atoms with van der Waals surface area (Å²) in [6.45, 7) is -0.600. The predicted molar refractivity (Wildman–Crippen MR) is 146 cm³/mol. The Kier molecular flexibility index (Phi) is 7.99. The third-order valence-corrected chi connectivity index (χ3v) is 7.21. The molecule has 1 saturated heterocycles. The quantitative estimate of drug-likeness (QED) is 0.236. The summed E-state index contributed by atoms with van der Waals surface area (Å²) in [6.07, 6.45) is -5.74. The minimum absolute atomic E-state index is 0.189. The molecule has 0 radical (unpaired) electrons. The molecule has 0 saturated carbocycles. The van der Waals surface area contributed by atoms with Gasteiger partial charge in [-0.15, -0.1) is 0 Å². The van der Waals surface area contributed by atoms with Crippen molar-refractivity contribution >= 4 is 28.3 Å². The third kappa shape index (κ3) is 4.90. The van der Waals surface area contributed by atoms with Crippen molar-refractivity contribution in [2.75, 3.05) is 20.8 Å². The standard InChI is InChI=1S/C29H28ClNO9/c1-37-15-10-11-17(21(12-15)38-2)25(33)16-6-3-4-8-19(16)31-13-22(24-18(30)7-5-9-20(24)31)39-29-28(36)27(35)26(34)23(14-32)40-29/h3-13,23,26-29,32,34-36H,14H2,1-2H3/t23-,26+,27+,28-,29-/m1/s1. The van der Waals surface area contributed by atoms with Gasteiger partial charge in [-0.1, -0.05) is 29.8 Å². The molecule has 0 spiro atoms. The van der Waals surface area contributed by atoms with Crippen molar-refractivity contribution in [1.82, 2.24) is 4.57 Å². The lowest BCUT2D eigenvalue weighted by molar-refractivity contribution is -0.277. The molecule has 3 aromatic carbocycles. The molecule has 5 rings (SSSR count). The molecular weight excluding hydrogens is 542 g/mol. The summed E-state index contributed by atoms with van der Waals surface area (Å²) < 4.78 is 24.0. The van der Waals surface area contributed by atoms with Gasteiger partial charge in [-0.05, 0) is 36.4 Å². The number of ketones is 1. The number of rotatable bonds is 8. The first-order chi connectivity index (χ1) is 19.3. The summed E-state index contributed by atoms with van der Waals surface area (Å²) in [6, 6.07) is 17.1. The van der Waals surface area contributed by atoms with Gasteiger partial charge in [0.1, 0.15) is 41.7 Å². The van der Waals surface area contributed by atoms with Gasteiger partial charge in [0.2, 0.25) is 6.29 Å². The summed E-state index contributed by atoms with van der Waals surface area (Å²) in [7, 11) is 3.00. The van der Waals surface area contributed by atoms with Crippen molar-refractivity contribution in [3.05, 3.63) is 83.0 Å². The Morgan fingerprint density at radius 1 is 0.925 bits per heavy atom.